The molecule has 0 radical (unpaired) electrons. The third-order valence-electron chi connectivity index (χ3n) is 2.41. The lowest BCUT2D eigenvalue weighted by molar-refractivity contribution is 0.457. The highest BCUT2D eigenvalue weighted by atomic mass is 15.4. The molecule has 0 fully saturated rings. The van der Waals surface area contributed by atoms with Crippen molar-refractivity contribution in [3.63, 3.8) is 0 Å². The fourth-order valence-electron chi connectivity index (χ4n) is 1.60. The van der Waals surface area contributed by atoms with E-state index in [0.29, 0.717) is 0 Å². The third-order valence-corrected chi connectivity index (χ3v) is 2.41. The summed E-state index contributed by atoms with van der Waals surface area (Å²) in [7, 11) is 0. The van der Waals surface area contributed by atoms with E-state index in [9.17, 15) is 0 Å². The molecule has 16 heavy (non-hydrogen) atoms. The Labute approximate surface area is 94.1 Å². The van der Waals surface area contributed by atoms with E-state index in [1.54, 1.807) is 23.4 Å². The van der Waals surface area contributed by atoms with Gasteiger partial charge in [0.1, 0.15) is 0 Å². The maximum absolute atomic E-state index is 6.06. The highest BCUT2D eigenvalue weighted by Gasteiger charge is 2.18. The second-order valence-electron chi connectivity index (χ2n) is 4.36. The first-order chi connectivity index (χ1) is 7.57. The Morgan fingerprint density at radius 1 is 1.38 bits per heavy atom. The molecule has 0 saturated carbocycles. The molecule has 0 aliphatic heterocycles. The number of hydrogen-bond donors (Lipinski definition) is 1. The van der Waals surface area contributed by atoms with Gasteiger partial charge < -0.3 is 10.3 Å². The van der Waals surface area contributed by atoms with Crippen molar-refractivity contribution < 1.29 is 0 Å². The van der Waals surface area contributed by atoms with E-state index in [0.717, 1.165) is 18.8 Å². The van der Waals surface area contributed by atoms with Crippen molar-refractivity contribution in [1.29, 1.82) is 0 Å². The predicted octanol–water partition coefficient (Wildman–Crippen LogP) is 0.369. The molecule has 0 spiro atoms. The Balaban J connectivity index is 2.08. The van der Waals surface area contributed by atoms with E-state index in [-0.39, 0.29) is 5.54 Å². The zero-order valence-corrected chi connectivity index (χ0v) is 9.54. The average molecular weight is 220 g/mol. The SMILES string of the molecule is CC(C)(N)c1cncn1CCn1ccnn1. The highest BCUT2D eigenvalue weighted by Crippen LogP contribution is 2.15. The number of rotatable bonds is 4. The minimum atomic E-state index is -0.376. The molecule has 0 saturated heterocycles. The van der Waals surface area contributed by atoms with E-state index in [2.05, 4.69) is 15.3 Å². The zero-order chi connectivity index (χ0) is 11.6. The molecular formula is C10H16N6. The number of aromatic nitrogens is 5. The van der Waals surface area contributed by atoms with Gasteiger partial charge in [-0.05, 0) is 13.8 Å². The van der Waals surface area contributed by atoms with Gasteiger partial charge in [0.15, 0.2) is 0 Å². The Morgan fingerprint density at radius 3 is 2.81 bits per heavy atom. The van der Waals surface area contributed by atoms with E-state index in [4.69, 9.17) is 5.73 Å². The van der Waals surface area contributed by atoms with Crippen LogP contribution in [0.2, 0.25) is 0 Å². The van der Waals surface area contributed by atoms with Gasteiger partial charge in [0.25, 0.3) is 0 Å². The van der Waals surface area contributed by atoms with Crippen molar-refractivity contribution in [2.24, 2.45) is 5.73 Å². The molecule has 6 nitrogen and oxygen atoms in total. The minimum absolute atomic E-state index is 0.376. The first kappa shape index (κ1) is 10.8. The summed E-state index contributed by atoms with van der Waals surface area (Å²) in [6.45, 7) is 5.49. The molecule has 0 bridgehead atoms. The van der Waals surface area contributed by atoms with Crippen LogP contribution in [-0.2, 0) is 18.6 Å². The Morgan fingerprint density at radius 2 is 2.19 bits per heavy atom. The molecule has 0 aliphatic carbocycles. The Kier molecular flexibility index (Phi) is 2.74. The van der Waals surface area contributed by atoms with Crippen LogP contribution in [0.15, 0.2) is 24.9 Å². The lowest BCUT2D eigenvalue weighted by Crippen LogP contribution is -2.31. The van der Waals surface area contributed by atoms with E-state index >= 15 is 0 Å². The van der Waals surface area contributed by atoms with Crippen LogP contribution in [0.1, 0.15) is 19.5 Å². The number of nitrogens with two attached hydrogens (primary N) is 1. The standard InChI is InChI=1S/C10H16N6/c1-10(2,11)9-7-12-8-15(9)5-6-16-4-3-13-14-16/h3-4,7-8H,5-6,11H2,1-2H3. The van der Waals surface area contributed by atoms with Crippen molar-refractivity contribution in [2.75, 3.05) is 0 Å². The van der Waals surface area contributed by atoms with Crippen LogP contribution in [0.5, 0.6) is 0 Å². The van der Waals surface area contributed by atoms with Crippen LogP contribution in [0.3, 0.4) is 0 Å². The van der Waals surface area contributed by atoms with Gasteiger partial charge >= 0.3 is 0 Å². The molecule has 0 aromatic carbocycles. The van der Waals surface area contributed by atoms with Gasteiger partial charge in [-0.25, -0.2) is 4.98 Å². The lowest BCUT2D eigenvalue weighted by Gasteiger charge is -2.20. The summed E-state index contributed by atoms with van der Waals surface area (Å²) in [5, 5.41) is 7.67. The van der Waals surface area contributed by atoms with Gasteiger partial charge in [0.05, 0.1) is 30.3 Å². The molecule has 2 heterocycles. The van der Waals surface area contributed by atoms with Crippen molar-refractivity contribution in [3.05, 3.63) is 30.6 Å². The molecule has 2 rings (SSSR count). The molecule has 6 heteroatoms. The molecule has 0 atom stereocenters. The summed E-state index contributed by atoms with van der Waals surface area (Å²) in [5.41, 5.74) is 6.70. The maximum Gasteiger partial charge on any atom is 0.0949 e. The molecule has 0 amide bonds. The summed E-state index contributed by atoms with van der Waals surface area (Å²) in [6.07, 6.45) is 7.11. The Bertz CT molecular complexity index is 436. The molecule has 86 valence electrons. The van der Waals surface area contributed by atoms with Crippen LogP contribution in [0.4, 0.5) is 0 Å². The fourth-order valence-corrected chi connectivity index (χ4v) is 1.60. The van der Waals surface area contributed by atoms with Crippen LogP contribution in [-0.4, -0.2) is 24.5 Å². The molecule has 2 aromatic heterocycles. The van der Waals surface area contributed by atoms with Crippen molar-refractivity contribution in [1.82, 2.24) is 24.5 Å². The lowest BCUT2D eigenvalue weighted by atomic mass is 10.0. The summed E-state index contributed by atoms with van der Waals surface area (Å²) in [6, 6.07) is 0. The van der Waals surface area contributed by atoms with Gasteiger partial charge in [0.2, 0.25) is 0 Å². The van der Waals surface area contributed by atoms with Gasteiger partial charge in [-0.15, -0.1) is 5.10 Å². The van der Waals surface area contributed by atoms with E-state index < -0.39 is 0 Å². The average Bonchev–Trinajstić information content (AvgIpc) is 2.85. The van der Waals surface area contributed by atoms with Crippen LogP contribution >= 0.6 is 0 Å². The number of imidazole rings is 1. The van der Waals surface area contributed by atoms with E-state index in [1.165, 1.54) is 0 Å². The second kappa shape index (κ2) is 4.05. The Hall–Kier alpha value is -1.69. The van der Waals surface area contributed by atoms with Crippen LogP contribution < -0.4 is 5.73 Å². The summed E-state index contributed by atoms with van der Waals surface area (Å²) >= 11 is 0. The number of aryl methyl sites for hydroxylation is 2. The largest absolute Gasteiger partial charge is 0.331 e. The third kappa shape index (κ3) is 2.27. The van der Waals surface area contributed by atoms with Gasteiger partial charge in [-0.2, -0.15) is 0 Å². The van der Waals surface area contributed by atoms with Crippen molar-refractivity contribution in [3.8, 4) is 0 Å². The minimum Gasteiger partial charge on any atom is -0.331 e. The second-order valence-corrected chi connectivity index (χ2v) is 4.36. The number of nitrogens with zero attached hydrogens (tertiary/aromatic N) is 5. The molecule has 2 N–H and O–H groups in total. The monoisotopic (exact) mass is 220 g/mol. The smallest absolute Gasteiger partial charge is 0.0949 e. The van der Waals surface area contributed by atoms with E-state index in [1.807, 2.05) is 24.6 Å². The first-order valence-corrected chi connectivity index (χ1v) is 5.21. The van der Waals surface area contributed by atoms with Gasteiger partial charge in [-0.1, -0.05) is 5.21 Å². The molecular weight excluding hydrogens is 204 g/mol. The summed E-state index contributed by atoms with van der Waals surface area (Å²) in [4.78, 5) is 4.13. The van der Waals surface area contributed by atoms with Gasteiger partial charge in [-0.3, -0.25) is 4.68 Å². The van der Waals surface area contributed by atoms with Crippen LogP contribution in [0, 0.1) is 0 Å². The normalized spacial score (nSPS) is 11.9. The highest BCUT2D eigenvalue weighted by molar-refractivity contribution is 5.09. The molecule has 2 aromatic rings. The topological polar surface area (TPSA) is 74.5 Å². The maximum atomic E-state index is 6.06. The van der Waals surface area contributed by atoms with Crippen LogP contribution in [0.25, 0.3) is 0 Å². The number of hydrogen-bond acceptors (Lipinski definition) is 4. The summed E-state index contributed by atoms with van der Waals surface area (Å²) in [5.74, 6) is 0. The summed E-state index contributed by atoms with van der Waals surface area (Å²) < 4.78 is 3.83. The predicted molar refractivity (Wildman–Crippen MR) is 59.5 cm³/mol. The molecule has 0 unspecified atom stereocenters. The quantitative estimate of drug-likeness (QED) is 0.807. The first-order valence-electron chi connectivity index (χ1n) is 5.21. The van der Waals surface area contributed by atoms with Gasteiger partial charge in [0, 0.05) is 18.9 Å². The fraction of sp³-hybridized carbons (Fsp3) is 0.500. The van der Waals surface area contributed by atoms with Crippen molar-refractivity contribution in [2.45, 2.75) is 32.5 Å². The van der Waals surface area contributed by atoms with Crippen molar-refractivity contribution >= 4 is 0 Å². The zero-order valence-electron chi connectivity index (χ0n) is 9.54. The molecule has 0 aliphatic rings.